The molecule has 4 aromatic rings. The molecule has 5 rings (SSSR count). The number of aryl methyl sites for hydroxylation is 2. The van der Waals surface area contributed by atoms with E-state index >= 15 is 0 Å². The lowest BCUT2D eigenvalue weighted by Gasteiger charge is -2.16. The zero-order chi connectivity index (χ0) is 23.5. The van der Waals surface area contributed by atoms with Crippen LogP contribution in [-0.2, 0) is 17.6 Å². The minimum Gasteiger partial charge on any atom is -0.311 e. The van der Waals surface area contributed by atoms with Gasteiger partial charge in [0.05, 0.1) is 5.52 Å². The molecule has 0 fully saturated rings. The van der Waals surface area contributed by atoms with Crippen molar-refractivity contribution in [1.29, 1.82) is 0 Å². The molecule has 0 radical (unpaired) electrons. The van der Waals surface area contributed by atoms with Crippen molar-refractivity contribution in [2.45, 2.75) is 38.5 Å². The van der Waals surface area contributed by atoms with Gasteiger partial charge in [0, 0.05) is 28.8 Å². The Morgan fingerprint density at radius 1 is 0.853 bits per heavy atom. The van der Waals surface area contributed by atoms with Crippen LogP contribution < -0.4 is 5.32 Å². The van der Waals surface area contributed by atoms with E-state index in [-0.39, 0.29) is 24.5 Å². The summed E-state index contributed by atoms with van der Waals surface area (Å²) >= 11 is 6.23. The topological polar surface area (TPSA) is 59.1 Å². The van der Waals surface area contributed by atoms with E-state index in [1.807, 2.05) is 60.7 Å². The van der Waals surface area contributed by atoms with Crippen LogP contribution in [0.25, 0.3) is 22.0 Å². The van der Waals surface area contributed by atoms with E-state index in [2.05, 4.69) is 16.4 Å². The molecular weight excluding hydrogens is 444 g/mol. The van der Waals surface area contributed by atoms with Crippen molar-refractivity contribution in [3.8, 4) is 11.1 Å². The molecule has 0 atom stereocenters. The lowest BCUT2D eigenvalue weighted by molar-refractivity contribution is -0.116. The molecule has 170 valence electrons. The number of carbonyl (C=O) groups is 2. The van der Waals surface area contributed by atoms with E-state index in [9.17, 15) is 9.59 Å². The van der Waals surface area contributed by atoms with Gasteiger partial charge in [-0.3, -0.25) is 9.59 Å². The number of Topliss-reactive ketones (excluding diaryl/α,β-unsaturated/α-hetero) is 1. The van der Waals surface area contributed by atoms with Crippen molar-refractivity contribution in [3.63, 3.8) is 0 Å². The Morgan fingerprint density at radius 2 is 1.65 bits per heavy atom. The number of nitrogens with one attached hydrogen (secondary N) is 1. The number of pyridine rings is 1. The molecule has 0 spiro atoms. The van der Waals surface area contributed by atoms with Crippen LogP contribution in [0.2, 0.25) is 5.02 Å². The summed E-state index contributed by atoms with van der Waals surface area (Å²) < 4.78 is 0. The highest BCUT2D eigenvalue weighted by Gasteiger charge is 2.15. The highest BCUT2D eigenvalue weighted by Crippen LogP contribution is 2.32. The lowest BCUT2D eigenvalue weighted by atomic mass is 9.89. The van der Waals surface area contributed by atoms with Crippen LogP contribution >= 0.6 is 11.6 Å². The molecule has 0 saturated heterocycles. The third kappa shape index (κ3) is 4.87. The smallest absolute Gasteiger partial charge is 0.225 e. The predicted octanol–water partition coefficient (Wildman–Crippen LogP) is 7.04. The van der Waals surface area contributed by atoms with Crippen LogP contribution in [0.5, 0.6) is 0 Å². The monoisotopic (exact) mass is 468 g/mol. The van der Waals surface area contributed by atoms with Gasteiger partial charge in [0.2, 0.25) is 5.91 Å². The number of rotatable bonds is 6. The number of nitrogens with zero attached hydrogens (tertiary/aromatic N) is 1. The number of amides is 1. The molecule has 1 heterocycles. The molecule has 0 unspecified atom stereocenters. The fourth-order valence-electron chi connectivity index (χ4n) is 4.60. The first-order valence-corrected chi connectivity index (χ1v) is 12.1. The van der Waals surface area contributed by atoms with Crippen LogP contribution in [0.4, 0.5) is 5.82 Å². The van der Waals surface area contributed by atoms with Gasteiger partial charge in [-0.05, 0) is 78.3 Å². The zero-order valence-electron chi connectivity index (χ0n) is 18.8. The molecular formula is C29H25ClN2O2. The van der Waals surface area contributed by atoms with E-state index in [0.717, 1.165) is 34.9 Å². The zero-order valence-corrected chi connectivity index (χ0v) is 19.6. The van der Waals surface area contributed by atoms with E-state index in [1.54, 1.807) is 6.07 Å². The summed E-state index contributed by atoms with van der Waals surface area (Å²) in [5, 5.41) is 4.43. The fraction of sp³-hybridized carbons (Fsp3) is 0.207. The average Bonchev–Trinajstić information content (AvgIpc) is 2.87. The molecule has 34 heavy (non-hydrogen) atoms. The van der Waals surface area contributed by atoms with Gasteiger partial charge in [0.25, 0.3) is 0 Å². The number of fused-ring (bicyclic) bond motifs is 2. The second kappa shape index (κ2) is 9.78. The first-order chi connectivity index (χ1) is 16.6. The van der Waals surface area contributed by atoms with Crippen molar-refractivity contribution in [2.75, 3.05) is 5.32 Å². The number of aromatic nitrogens is 1. The summed E-state index contributed by atoms with van der Waals surface area (Å²) in [5.41, 5.74) is 6.00. The van der Waals surface area contributed by atoms with Gasteiger partial charge in [-0.2, -0.15) is 0 Å². The number of hydrogen-bond donors (Lipinski definition) is 1. The fourth-order valence-corrected chi connectivity index (χ4v) is 4.77. The van der Waals surface area contributed by atoms with Crippen LogP contribution in [0, 0.1) is 0 Å². The summed E-state index contributed by atoms with van der Waals surface area (Å²) in [6.07, 6.45) is 4.77. The summed E-state index contributed by atoms with van der Waals surface area (Å²) in [7, 11) is 0. The number of hydrogen-bond acceptors (Lipinski definition) is 3. The summed E-state index contributed by atoms with van der Waals surface area (Å²) in [6.45, 7) is 0. The first-order valence-electron chi connectivity index (χ1n) is 11.7. The number of ketones is 1. The average molecular weight is 469 g/mol. The van der Waals surface area contributed by atoms with Crippen LogP contribution in [-0.4, -0.2) is 16.7 Å². The van der Waals surface area contributed by atoms with Gasteiger partial charge < -0.3 is 5.32 Å². The molecule has 0 bridgehead atoms. The van der Waals surface area contributed by atoms with Gasteiger partial charge in [0.1, 0.15) is 5.82 Å². The van der Waals surface area contributed by atoms with Crippen molar-refractivity contribution in [3.05, 3.63) is 94.5 Å². The second-order valence-corrected chi connectivity index (χ2v) is 9.18. The Labute approximate surface area is 204 Å². The lowest BCUT2D eigenvalue weighted by Crippen LogP contribution is -2.15. The van der Waals surface area contributed by atoms with Crippen LogP contribution in [0.1, 0.15) is 47.2 Å². The van der Waals surface area contributed by atoms with E-state index < -0.39 is 0 Å². The molecule has 0 aliphatic heterocycles. The molecule has 1 aliphatic rings. The standard InChI is InChI=1S/C29H25ClN2O2/c30-23-12-13-26-25(17-23)24(20-7-2-1-3-8-20)18-28(31-26)32-29(34)15-14-27(33)22-11-10-19-6-4-5-9-21(19)16-22/h1-3,7-8,10-13,16-18H,4-6,9,14-15H2,(H,31,32,34). The SMILES string of the molecule is O=C(CCC(=O)c1ccc2c(c1)CCCC2)Nc1cc(-c2ccccc2)c2cc(Cl)ccc2n1. The highest BCUT2D eigenvalue weighted by molar-refractivity contribution is 6.31. The molecule has 5 heteroatoms. The maximum absolute atomic E-state index is 12.7. The number of halogens is 1. The van der Waals surface area contributed by atoms with Gasteiger partial charge >= 0.3 is 0 Å². The summed E-state index contributed by atoms with van der Waals surface area (Å²) in [6, 6.07) is 23.3. The maximum Gasteiger partial charge on any atom is 0.225 e. The van der Waals surface area contributed by atoms with Gasteiger partial charge in [-0.1, -0.05) is 54.1 Å². The van der Waals surface area contributed by atoms with E-state index in [4.69, 9.17) is 11.6 Å². The van der Waals surface area contributed by atoms with Crippen molar-refractivity contribution in [1.82, 2.24) is 4.98 Å². The van der Waals surface area contributed by atoms with Crippen LogP contribution in [0.3, 0.4) is 0 Å². The minimum absolute atomic E-state index is 0.00499. The number of benzene rings is 3. The molecule has 0 saturated carbocycles. The predicted molar refractivity (Wildman–Crippen MR) is 137 cm³/mol. The normalized spacial score (nSPS) is 12.9. The van der Waals surface area contributed by atoms with E-state index in [0.29, 0.717) is 16.4 Å². The molecule has 3 aromatic carbocycles. The Kier molecular flexibility index (Phi) is 6.41. The molecule has 4 nitrogen and oxygen atoms in total. The van der Waals surface area contributed by atoms with Gasteiger partial charge in [-0.25, -0.2) is 4.98 Å². The summed E-state index contributed by atoms with van der Waals surface area (Å²) in [5.74, 6) is 0.223. The third-order valence-corrected chi connectivity index (χ3v) is 6.61. The molecule has 1 amide bonds. The Bertz CT molecular complexity index is 1380. The number of anilines is 1. The van der Waals surface area contributed by atoms with Gasteiger partial charge in [-0.15, -0.1) is 0 Å². The maximum atomic E-state index is 12.7. The molecule has 1 N–H and O–H groups in total. The molecule has 1 aromatic heterocycles. The quantitative estimate of drug-likeness (QED) is 0.309. The van der Waals surface area contributed by atoms with Crippen molar-refractivity contribution >= 4 is 40.0 Å². The number of carbonyl (C=O) groups excluding carboxylic acids is 2. The Balaban J connectivity index is 1.32. The minimum atomic E-state index is -0.230. The van der Waals surface area contributed by atoms with Gasteiger partial charge in [0.15, 0.2) is 5.78 Å². The van der Waals surface area contributed by atoms with Crippen molar-refractivity contribution in [2.24, 2.45) is 0 Å². The van der Waals surface area contributed by atoms with E-state index in [1.165, 1.54) is 24.0 Å². The Hall–Kier alpha value is -3.50. The Morgan fingerprint density at radius 3 is 2.47 bits per heavy atom. The van der Waals surface area contributed by atoms with Crippen LogP contribution in [0.15, 0.2) is 72.8 Å². The highest BCUT2D eigenvalue weighted by atomic mass is 35.5. The third-order valence-electron chi connectivity index (χ3n) is 6.37. The first kappa shape index (κ1) is 22.3. The second-order valence-electron chi connectivity index (χ2n) is 8.74. The van der Waals surface area contributed by atoms with Crippen molar-refractivity contribution < 1.29 is 9.59 Å². The largest absolute Gasteiger partial charge is 0.311 e. The molecule has 1 aliphatic carbocycles. The summed E-state index contributed by atoms with van der Waals surface area (Å²) in [4.78, 5) is 30.0.